The first-order valence-electron chi connectivity index (χ1n) is 3.95. The van der Waals surface area contributed by atoms with Gasteiger partial charge in [-0.2, -0.15) is 0 Å². The van der Waals surface area contributed by atoms with Gasteiger partial charge in [-0.3, -0.25) is 0 Å². The highest BCUT2D eigenvalue weighted by Crippen LogP contribution is 2.27. The smallest absolute Gasteiger partial charge is 0.387 e. The van der Waals surface area contributed by atoms with Gasteiger partial charge < -0.3 is 10.5 Å². The van der Waals surface area contributed by atoms with E-state index in [1.165, 1.54) is 6.07 Å². The fraction of sp³-hybridized carbons (Fsp3) is 0.375. The summed E-state index contributed by atoms with van der Waals surface area (Å²) >= 11 is 1.72. The molecule has 1 aromatic rings. The Kier molecular flexibility index (Phi) is 3.77. The Balaban J connectivity index is 3.05. The molecule has 15 heavy (non-hydrogen) atoms. The van der Waals surface area contributed by atoms with Crippen LogP contribution in [0.1, 0.15) is 11.3 Å². The van der Waals surface area contributed by atoms with Crippen LogP contribution >= 0.6 is 22.6 Å². The lowest BCUT2D eigenvalue weighted by molar-refractivity contribution is -0.276. The number of nitrogens with two attached hydrogens (primary N) is 1. The van der Waals surface area contributed by atoms with Gasteiger partial charge in [0, 0.05) is 12.2 Å². The molecule has 0 aromatic carbocycles. The second-order valence-electron chi connectivity index (χ2n) is 2.77. The summed E-state index contributed by atoms with van der Waals surface area (Å²) in [4.78, 5) is 3.70. The van der Waals surface area contributed by atoms with E-state index in [1.54, 1.807) is 29.5 Å². The van der Waals surface area contributed by atoms with Gasteiger partial charge >= 0.3 is 6.36 Å². The number of ether oxygens (including phenoxy) is 1. The third kappa shape index (κ3) is 3.49. The van der Waals surface area contributed by atoms with Crippen molar-refractivity contribution in [3.63, 3.8) is 0 Å². The molecule has 0 saturated carbocycles. The minimum atomic E-state index is -4.72. The minimum absolute atomic E-state index is 0.237. The van der Waals surface area contributed by atoms with Gasteiger partial charge in [-0.15, -0.1) is 13.2 Å². The van der Waals surface area contributed by atoms with Crippen molar-refractivity contribution < 1.29 is 17.9 Å². The van der Waals surface area contributed by atoms with Crippen molar-refractivity contribution in [3.05, 3.63) is 20.9 Å². The van der Waals surface area contributed by atoms with Crippen LogP contribution in [0.15, 0.2) is 6.07 Å². The fourth-order valence-corrected chi connectivity index (χ4v) is 1.59. The Morgan fingerprint density at radius 2 is 2.13 bits per heavy atom. The highest BCUT2D eigenvalue weighted by molar-refractivity contribution is 14.1. The molecule has 1 rings (SSSR count). The van der Waals surface area contributed by atoms with E-state index in [0.29, 0.717) is 11.3 Å². The number of nitrogens with zero attached hydrogens (tertiary/aromatic N) is 1. The predicted octanol–water partition coefficient (Wildman–Crippen LogP) is 2.35. The van der Waals surface area contributed by atoms with Crippen molar-refractivity contribution in [2.24, 2.45) is 5.73 Å². The maximum Gasteiger partial charge on any atom is 0.574 e. The molecule has 0 amide bonds. The van der Waals surface area contributed by atoms with Crippen LogP contribution < -0.4 is 10.5 Å². The first kappa shape index (κ1) is 12.5. The minimum Gasteiger partial charge on any atom is -0.387 e. The molecule has 0 atom stereocenters. The van der Waals surface area contributed by atoms with E-state index in [0.717, 1.165) is 0 Å². The zero-order valence-corrected chi connectivity index (χ0v) is 9.89. The van der Waals surface area contributed by atoms with E-state index in [2.05, 4.69) is 9.72 Å². The molecule has 2 N–H and O–H groups in total. The van der Waals surface area contributed by atoms with Gasteiger partial charge in [0.25, 0.3) is 0 Å². The zero-order chi connectivity index (χ0) is 11.6. The summed E-state index contributed by atoms with van der Waals surface area (Å²) in [7, 11) is 0. The van der Waals surface area contributed by atoms with Gasteiger partial charge in [-0.05, 0) is 41.1 Å². The maximum atomic E-state index is 11.9. The fourth-order valence-electron chi connectivity index (χ4n) is 0.984. The third-order valence-electron chi connectivity index (χ3n) is 1.67. The molecular formula is C8H8F3IN2O. The average Bonchev–Trinajstić information content (AvgIpc) is 2.08. The molecule has 0 aliphatic rings. The molecular weight excluding hydrogens is 324 g/mol. The van der Waals surface area contributed by atoms with Gasteiger partial charge in [0.15, 0.2) is 0 Å². The number of rotatable bonds is 2. The Bertz CT molecular complexity index is 368. The van der Waals surface area contributed by atoms with Gasteiger partial charge in [0.05, 0.1) is 3.57 Å². The Hall–Kier alpha value is -0.570. The molecule has 0 aliphatic heterocycles. The van der Waals surface area contributed by atoms with Crippen LogP contribution in [0.3, 0.4) is 0 Å². The predicted molar refractivity (Wildman–Crippen MR) is 56.3 cm³/mol. The van der Waals surface area contributed by atoms with Crippen molar-refractivity contribution >= 4 is 22.6 Å². The average molecular weight is 332 g/mol. The molecule has 0 fully saturated rings. The van der Waals surface area contributed by atoms with Crippen LogP contribution in [-0.2, 0) is 6.54 Å². The molecule has 0 radical (unpaired) electrons. The molecule has 0 bridgehead atoms. The van der Waals surface area contributed by atoms with Crippen LogP contribution in [0.25, 0.3) is 0 Å². The standard InChI is InChI=1S/C8H8F3IN2O/c1-4-5(3-13)2-6(12)7(14-4)15-8(9,10)11/h2H,3,13H2,1H3. The molecule has 0 spiro atoms. The highest BCUT2D eigenvalue weighted by Gasteiger charge is 2.32. The number of hydrogen-bond acceptors (Lipinski definition) is 3. The number of hydrogen-bond donors (Lipinski definition) is 1. The zero-order valence-electron chi connectivity index (χ0n) is 7.73. The van der Waals surface area contributed by atoms with E-state index >= 15 is 0 Å². The molecule has 1 aromatic heterocycles. The summed E-state index contributed by atoms with van der Waals surface area (Å²) in [6.07, 6.45) is -4.72. The first-order valence-corrected chi connectivity index (χ1v) is 5.03. The van der Waals surface area contributed by atoms with Gasteiger partial charge in [0.1, 0.15) is 0 Å². The van der Waals surface area contributed by atoms with E-state index in [1.807, 2.05) is 0 Å². The van der Waals surface area contributed by atoms with Crippen molar-refractivity contribution in [2.75, 3.05) is 0 Å². The number of halogens is 4. The molecule has 1 heterocycles. The summed E-state index contributed by atoms with van der Waals surface area (Å²) in [5.74, 6) is -0.433. The lowest BCUT2D eigenvalue weighted by Crippen LogP contribution is -2.19. The van der Waals surface area contributed by atoms with Crippen LogP contribution in [0.2, 0.25) is 0 Å². The lowest BCUT2D eigenvalue weighted by atomic mass is 10.2. The second kappa shape index (κ2) is 4.52. The van der Waals surface area contributed by atoms with Crippen molar-refractivity contribution in [1.29, 1.82) is 0 Å². The number of alkyl halides is 3. The van der Waals surface area contributed by atoms with Crippen LogP contribution in [0, 0.1) is 10.5 Å². The largest absolute Gasteiger partial charge is 0.574 e. The Morgan fingerprint density at radius 3 is 2.60 bits per heavy atom. The van der Waals surface area contributed by atoms with Crippen molar-refractivity contribution in [2.45, 2.75) is 19.8 Å². The molecule has 3 nitrogen and oxygen atoms in total. The molecule has 7 heteroatoms. The second-order valence-corrected chi connectivity index (χ2v) is 3.93. The summed E-state index contributed by atoms with van der Waals surface area (Å²) in [6.45, 7) is 1.82. The van der Waals surface area contributed by atoms with E-state index in [9.17, 15) is 13.2 Å². The Labute approximate surface area is 98.0 Å². The topological polar surface area (TPSA) is 48.1 Å². The summed E-state index contributed by atoms with van der Waals surface area (Å²) in [5, 5.41) is 0. The number of pyridine rings is 1. The molecule has 0 aliphatic carbocycles. The van der Waals surface area contributed by atoms with E-state index < -0.39 is 12.2 Å². The van der Waals surface area contributed by atoms with Crippen molar-refractivity contribution in [3.8, 4) is 5.88 Å². The van der Waals surface area contributed by atoms with Gasteiger partial charge in [-0.1, -0.05) is 0 Å². The third-order valence-corrected chi connectivity index (χ3v) is 2.44. The van der Waals surface area contributed by atoms with Crippen LogP contribution in [0.4, 0.5) is 13.2 Å². The molecule has 84 valence electrons. The summed E-state index contributed by atoms with van der Waals surface area (Å²) in [6, 6.07) is 1.53. The van der Waals surface area contributed by atoms with Crippen LogP contribution in [0.5, 0.6) is 5.88 Å². The quantitative estimate of drug-likeness (QED) is 0.846. The molecule has 0 unspecified atom stereocenters. The van der Waals surface area contributed by atoms with Crippen molar-refractivity contribution in [1.82, 2.24) is 4.98 Å². The maximum absolute atomic E-state index is 11.9. The normalized spacial score (nSPS) is 11.6. The summed E-state index contributed by atoms with van der Waals surface area (Å²) < 4.78 is 39.9. The van der Waals surface area contributed by atoms with E-state index in [-0.39, 0.29) is 10.1 Å². The van der Waals surface area contributed by atoms with E-state index in [4.69, 9.17) is 5.73 Å². The van der Waals surface area contributed by atoms with Crippen LogP contribution in [-0.4, -0.2) is 11.3 Å². The SMILES string of the molecule is Cc1nc(OC(F)(F)F)c(I)cc1CN. The number of aromatic nitrogens is 1. The monoisotopic (exact) mass is 332 g/mol. The lowest BCUT2D eigenvalue weighted by Gasteiger charge is -2.11. The molecule has 0 saturated heterocycles. The van der Waals surface area contributed by atoms with Gasteiger partial charge in [-0.25, -0.2) is 4.98 Å². The number of aryl methyl sites for hydroxylation is 1. The van der Waals surface area contributed by atoms with Gasteiger partial charge in [0.2, 0.25) is 5.88 Å². The Morgan fingerprint density at radius 1 is 1.53 bits per heavy atom. The summed E-state index contributed by atoms with van der Waals surface area (Å²) in [5.41, 5.74) is 6.54. The highest BCUT2D eigenvalue weighted by atomic mass is 127. The first-order chi connectivity index (χ1) is 6.83.